The van der Waals surface area contributed by atoms with Gasteiger partial charge in [-0.2, -0.15) is 0 Å². The third-order valence-corrected chi connectivity index (χ3v) is 8.02. The zero-order valence-electron chi connectivity index (χ0n) is 14.0. The van der Waals surface area contributed by atoms with Crippen LogP contribution in [-0.4, -0.2) is 32.0 Å². The second-order valence-electron chi connectivity index (χ2n) is 7.87. The van der Waals surface area contributed by atoms with E-state index in [4.69, 9.17) is 0 Å². The second-order valence-corrected chi connectivity index (χ2v) is 10.5. The molecule has 2 aliphatic carbocycles. The summed E-state index contributed by atoms with van der Waals surface area (Å²) in [6.45, 7) is 4.27. The van der Waals surface area contributed by atoms with Gasteiger partial charge in [-0.25, -0.2) is 8.42 Å². The van der Waals surface area contributed by atoms with Gasteiger partial charge in [-0.05, 0) is 38.5 Å². The van der Waals surface area contributed by atoms with E-state index in [-0.39, 0.29) is 0 Å². The van der Waals surface area contributed by atoms with Gasteiger partial charge >= 0.3 is 0 Å². The van der Waals surface area contributed by atoms with Gasteiger partial charge in [0.25, 0.3) is 0 Å². The maximum atomic E-state index is 11.9. The highest BCUT2D eigenvalue weighted by Crippen LogP contribution is 2.38. The van der Waals surface area contributed by atoms with Gasteiger partial charge in [0, 0.05) is 18.8 Å². The van der Waals surface area contributed by atoms with Gasteiger partial charge in [0.1, 0.15) is 0 Å². The Bertz CT molecular complexity index is 424. The third kappa shape index (κ3) is 4.44. The largest absolute Gasteiger partial charge is 0.312 e. The minimum atomic E-state index is -3.01. The van der Waals surface area contributed by atoms with E-state index in [1.807, 2.05) is 13.8 Å². The minimum absolute atomic E-state index is 0.530. The summed E-state index contributed by atoms with van der Waals surface area (Å²) >= 11 is 0. The molecule has 0 aromatic rings. The summed E-state index contributed by atoms with van der Waals surface area (Å²) < 4.78 is 23.1. The van der Waals surface area contributed by atoms with E-state index in [9.17, 15) is 8.42 Å². The Morgan fingerprint density at radius 3 is 2.14 bits per heavy atom. The first-order valence-corrected chi connectivity index (χ1v) is 10.6. The van der Waals surface area contributed by atoms with Gasteiger partial charge in [0.2, 0.25) is 0 Å². The van der Waals surface area contributed by atoms with Gasteiger partial charge in [-0.1, -0.05) is 44.9 Å². The normalized spacial score (nSPS) is 29.5. The lowest BCUT2D eigenvalue weighted by molar-refractivity contribution is 0.148. The maximum absolute atomic E-state index is 11.9. The molecule has 2 atom stereocenters. The fraction of sp³-hybridized carbons (Fsp3) is 1.00. The van der Waals surface area contributed by atoms with Crippen molar-refractivity contribution in [2.24, 2.45) is 11.8 Å². The van der Waals surface area contributed by atoms with E-state index in [1.165, 1.54) is 64.0 Å². The van der Waals surface area contributed by atoms with Crippen LogP contribution in [0.5, 0.6) is 0 Å². The van der Waals surface area contributed by atoms with E-state index in [0.717, 1.165) is 11.8 Å². The van der Waals surface area contributed by atoms with Crippen LogP contribution in [-0.2, 0) is 9.84 Å². The molecule has 4 heteroatoms. The van der Waals surface area contributed by atoms with Crippen LogP contribution >= 0.6 is 0 Å². The van der Waals surface area contributed by atoms with Gasteiger partial charge in [0.15, 0.2) is 9.84 Å². The molecule has 2 aliphatic rings. The van der Waals surface area contributed by atoms with Crippen LogP contribution in [0.4, 0.5) is 0 Å². The van der Waals surface area contributed by atoms with E-state index in [1.54, 1.807) is 0 Å². The van der Waals surface area contributed by atoms with Crippen molar-refractivity contribution in [1.29, 1.82) is 0 Å². The Kier molecular flexibility index (Phi) is 5.75. The molecular weight excluding hydrogens is 282 g/mol. The number of hydrogen-bond acceptors (Lipinski definition) is 3. The van der Waals surface area contributed by atoms with Crippen molar-refractivity contribution in [2.45, 2.75) is 82.4 Å². The number of rotatable bonds is 5. The van der Waals surface area contributed by atoms with Crippen LogP contribution in [0.2, 0.25) is 0 Å². The maximum Gasteiger partial charge on any atom is 0.153 e. The number of sulfone groups is 1. The first kappa shape index (κ1) is 17.3. The summed E-state index contributed by atoms with van der Waals surface area (Å²) in [5.41, 5.74) is 0. The van der Waals surface area contributed by atoms with Crippen LogP contribution in [0.3, 0.4) is 0 Å². The van der Waals surface area contributed by atoms with Gasteiger partial charge in [-0.3, -0.25) is 0 Å². The smallest absolute Gasteiger partial charge is 0.153 e. The summed E-state index contributed by atoms with van der Waals surface area (Å²) in [6.07, 6.45) is 13.5. The molecule has 0 aromatic heterocycles. The van der Waals surface area contributed by atoms with Crippen LogP contribution in [0.1, 0.15) is 71.6 Å². The molecule has 0 heterocycles. The fourth-order valence-corrected chi connectivity index (χ4v) is 4.39. The third-order valence-electron chi connectivity index (χ3n) is 5.87. The first-order chi connectivity index (χ1) is 9.81. The van der Waals surface area contributed by atoms with Crippen LogP contribution in [0.25, 0.3) is 0 Å². The zero-order valence-corrected chi connectivity index (χ0v) is 14.8. The van der Waals surface area contributed by atoms with Crippen molar-refractivity contribution < 1.29 is 8.42 Å². The predicted octanol–water partition coefficient (Wildman–Crippen LogP) is 3.54. The standard InChI is InChI=1S/C17H33NO2S/c1-17(2,21(3,19)20)13-18-16-12-8-7-11-15(16)14-9-5-4-6-10-14/h14-16,18H,4-13H2,1-3H3. The quantitative estimate of drug-likeness (QED) is 0.844. The molecule has 1 N–H and O–H groups in total. The summed E-state index contributed by atoms with van der Waals surface area (Å²) in [7, 11) is -3.01. The van der Waals surface area contributed by atoms with E-state index in [0.29, 0.717) is 12.6 Å². The van der Waals surface area contributed by atoms with Crippen LogP contribution in [0.15, 0.2) is 0 Å². The molecule has 0 aliphatic heterocycles. The average molecular weight is 316 g/mol. The highest BCUT2D eigenvalue weighted by Gasteiger charge is 2.35. The topological polar surface area (TPSA) is 46.2 Å². The second kappa shape index (κ2) is 6.99. The highest BCUT2D eigenvalue weighted by atomic mass is 32.2. The lowest BCUT2D eigenvalue weighted by atomic mass is 9.71. The van der Waals surface area contributed by atoms with Crippen molar-refractivity contribution in [3.8, 4) is 0 Å². The predicted molar refractivity (Wildman–Crippen MR) is 89.2 cm³/mol. The summed E-state index contributed by atoms with van der Waals surface area (Å²) in [5.74, 6) is 1.65. The molecule has 0 bridgehead atoms. The van der Waals surface area contributed by atoms with Gasteiger partial charge in [0.05, 0.1) is 4.75 Å². The summed E-state index contributed by atoms with van der Waals surface area (Å²) in [5, 5.41) is 3.64. The zero-order chi connectivity index (χ0) is 15.5. The van der Waals surface area contributed by atoms with Crippen LogP contribution in [0, 0.1) is 11.8 Å². The van der Waals surface area contributed by atoms with Gasteiger partial charge < -0.3 is 5.32 Å². The Labute approximate surface area is 131 Å². The van der Waals surface area contributed by atoms with E-state index >= 15 is 0 Å². The first-order valence-electron chi connectivity index (χ1n) is 8.74. The Hall–Kier alpha value is -0.0900. The van der Waals surface area contributed by atoms with E-state index in [2.05, 4.69) is 5.32 Å². The molecule has 0 saturated heterocycles. The molecule has 3 nitrogen and oxygen atoms in total. The molecule has 0 amide bonds. The van der Waals surface area contributed by atoms with Crippen molar-refractivity contribution in [1.82, 2.24) is 5.32 Å². The molecule has 2 unspecified atom stereocenters. The molecule has 0 radical (unpaired) electrons. The summed E-state index contributed by atoms with van der Waals surface area (Å²) in [6, 6.07) is 0.530. The van der Waals surface area contributed by atoms with Crippen molar-refractivity contribution in [3.63, 3.8) is 0 Å². The molecule has 2 rings (SSSR count). The molecule has 0 aromatic carbocycles. The lowest BCUT2D eigenvalue weighted by Crippen LogP contribution is -2.49. The SMILES string of the molecule is CC(C)(CNC1CCCCC1C1CCCCC1)S(C)(=O)=O. The van der Waals surface area contributed by atoms with Crippen LogP contribution < -0.4 is 5.32 Å². The van der Waals surface area contributed by atoms with Crippen molar-refractivity contribution in [3.05, 3.63) is 0 Å². The molecule has 0 spiro atoms. The minimum Gasteiger partial charge on any atom is -0.312 e. The molecule has 124 valence electrons. The number of nitrogens with one attached hydrogen (secondary N) is 1. The monoisotopic (exact) mass is 315 g/mol. The Morgan fingerprint density at radius 1 is 0.952 bits per heavy atom. The van der Waals surface area contributed by atoms with E-state index < -0.39 is 14.6 Å². The molecular formula is C17H33NO2S. The highest BCUT2D eigenvalue weighted by molar-refractivity contribution is 7.92. The van der Waals surface area contributed by atoms with Gasteiger partial charge in [-0.15, -0.1) is 0 Å². The Morgan fingerprint density at radius 2 is 1.52 bits per heavy atom. The lowest BCUT2D eigenvalue weighted by Gasteiger charge is -2.40. The Balaban J connectivity index is 1.96. The van der Waals surface area contributed by atoms with Crippen molar-refractivity contribution >= 4 is 9.84 Å². The fourth-order valence-electron chi connectivity index (χ4n) is 4.05. The van der Waals surface area contributed by atoms with Crippen molar-refractivity contribution in [2.75, 3.05) is 12.8 Å². The average Bonchev–Trinajstić information content (AvgIpc) is 2.45. The summed E-state index contributed by atoms with van der Waals surface area (Å²) in [4.78, 5) is 0. The molecule has 2 fully saturated rings. The number of hydrogen-bond donors (Lipinski definition) is 1. The molecule has 2 saturated carbocycles. The molecule has 21 heavy (non-hydrogen) atoms.